The third-order valence-corrected chi connectivity index (χ3v) is 4.62. The summed E-state index contributed by atoms with van der Waals surface area (Å²) in [5.74, 6) is 0. The van der Waals surface area contributed by atoms with E-state index in [1.165, 1.54) is 20.9 Å². The molecule has 0 saturated heterocycles. The lowest BCUT2D eigenvalue weighted by Gasteiger charge is -2.10. The van der Waals surface area contributed by atoms with Crippen LogP contribution in [0.15, 0.2) is 58.6 Å². The molecule has 0 aliphatic heterocycles. The topological polar surface area (TPSA) is 38.9 Å². The van der Waals surface area contributed by atoms with Crippen molar-refractivity contribution in [3.05, 3.63) is 59.9 Å². The molecule has 0 spiro atoms. The van der Waals surface area contributed by atoms with E-state index in [1.807, 2.05) is 18.3 Å². The van der Waals surface area contributed by atoms with Gasteiger partial charge in [0.2, 0.25) is 0 Å². The van der Waals surface area contributed by atoms with Crippen LogP contribution in [0.1, 0.15) is 11.1 Å². The maximum atomic E-state index is 6.03. The molecule has 1 heterocycles. The van der Waals surface area contributed by atoms with Crippen LogP contribution in [-0.2, 0) is 0 Å². The molecule has 0 unspecified atom stereocenters. The first-order chi connectivity index (χ1) is 9.65. The Kier molecular flexibility index (Phi) is 3.36. The fourth-order valence-corrected chi connectivity index (χ4v) is 3.31. The van der Waals surface area contributed by atoms with Crippen LogP contribution >= 0.6 is 11.8 Å². The predicted octanol–water partition coefficient (Wildman–Crippen LogP) is 4.59. The minimum Gasteiger partial charge on any atom is -0.398 e. The standard InChI is InChI=1S/C17H16N2S/c1-11-3-5-16(12(2)9-11)20-17-6-4-15(18)13-7-8-19-10-14(13)17/h3-10H,18H2,1-2H3. The van der Waals surface area contributed by atoms with E-state index in [0.717, 1.165) is 16.5 Å². The lowest BCUT2D eigenvalue weighted by Crippen LogP contribution is -1.89. The van der Waals surface area contributed by atoms with Crippen LogP contribution in [0.2, 0.25) is 0 Å². The zero-order valence-corrected chi connectivity index (χ0v) is 12.4. The number of hydrogen-bond donors (Lipinski definition) is 1. The molecule has 0 aliphatic carbocycles. The molecule has 3 heteroatoms. The van der Waals surface area contributed by atoms with Gasteiger partial charge < -0.3 is 5.73 Å². The van der Waals surface area contributed by atoms with Crippen molar-refractivity contribution in [1.82, 2.24) is 4.98 Å². The number of benzene rings is 2. The third-order valence-electron chi connectivity index (χ3n) is 3.36. The minimum atomic E-state index is 0.798. The molecular weight excluding hydrogens is 264 g/mol. The third kappa shape index (κ3) is 2.37. The molecule has 0 fully saturated rings. The number of nitrogens with zero attached hydrogens (tertiary/aromatic N) is 1. The fourth-order valence-electron chi connectivity index (χ4n) is 2.31. The Morgan fingerprint density at radius 1 is 0.950 bits per heavy atom. The number of hydrogen-bond acceptors (Lipinski definition) is 3. The first-order valence-electron chi connectivity index (χ1n) is 6.52. The smallest absolute Gasteiger partial charge is 0.0395 e. The fraction of sp³-hybridized carbons (Fsp3) is 0.118. The van der Waals surface area contributed by atoms with Crippen molar-refractivity contribution in [3.63, 3.8) is 0 Å². The summed E-state index contributed by atoms with van der Waals surface area (Å²) < 4.78 is 0. The van der Waals surface area contributed by atoms with Crippen LogP contribution in [0.3, 0.4) is 0 Å². The van der Waals surface area contributed by atoms with Gasteiger partial charge >= 0.3 is 0 Å². The molecule has 2 aromatic carbocycles. The van der Waals surface area contributed by atoms with Gasteiger partial charge in [-0.1, -0.05) is 29.5 Å². The first kappa shape index (κ1) is 13.0. The zero-order chi connectivity index (χ0) is 14.1. The molecule has 100 valence electrons. The van der Waals surface area contributed by atoms with Crippen LogP contribution in [0, 0.1) is 13.8 Å². The second-order valence-electron chi connectivity index (χ2n) is 4.95. The molecule has 2 nitrogen and oxygen atoms in total. The van der Waals surface area contributed by atoms with Gasteiger partial charge in [-0.2, -0.15) is 0 Å². The molecule has 0 bridgehead atoms. The maximum Gasteiger partial charge on any atom is 0.0395 e. The van der Waals surface area contributed by atoms with E-state index >= 15 is 0 Å². The number of aryl methyl sites for hydroxylation is 2. The van der Waals surface area contributed by atoms with Crippen molar-refractivity contribution < 1.29 is 0 Å². The Hall–Kier alpha value is -2.00. The Balaban J connectivity index is 2.09. The first-order valence-corrected chi connectivity index (χ1v) is 7.34. The second kappa shape index (κ2) is 5.17. The van der Waals surface area contributed by atoms with Crippen LogP contribution < -0.4 is 5.73 Å². The Morgan fingerprint density at radius 2 is 1.75 bits per heavy atom. The molecule has 0 amide bonds. The molecule has 3 aromatic rings. The van der Waals surface area contributed by atoms with Crippen molar-refractivity contribution in [3.8, 4) is 0 Å². The van der Waals surface area contributed by atoms with Gasteiger partial charge in [0.25, 0.3) is 0 Å². The van der Waals surface area contributed by atoms with Crippen LogP contribution in [0.4, 0.5) is 5.69 Å². The number of rotatable bonds is 2. The highest BCUT2D eigenvalue weighted by atomic mass is 32.2. The van der Waals surface area contributed by atoms with Crippen molar-refractivity contribution in [2.24, 2.45) is 0 Å². The molecule has 20 heavy (non-hydrogen) atoms. The highest BCUT2D eigenvalue weighted by molar-refractivity contribution is 7.99. The monoisotopic (exact) mass is 280 g/mol. The van der Waals surface area contributed by atoms with Crippen molar-refractivity contribution >= 4 is 28.2 Å². The van der Waals surface area contributed by atoms with Crippen molar-refractivity contribution in [1.29, 1.82) is 0 Å². The second-order valence-corrected chi connectivity index (χ2v) is 6.03. The number of nitrogen functional groups attached to an aromatic ring is 1. The minimum absolute atomic E-state index is 0.798. The zero-order valence-electron chi connectivity index (χ0n) is 11.6. The van der Waals surface area contributed by atoms with Crippen LogP contribution in [-0.4, -0.2) is 4.98 Å². The number of nitrogens with two attached hydrogens (primary N) is 1. The predicted molar refractivity (Wildman–Crippen MR) is 86.2 cm³/mol. The SMILES string of the molecule is Cc1ccc(Sc2ccc(N)c3ccncc23)c(C)c1. The van der Waals surface area contributed by atoms with E-state index in [4.69, 9.17) is 5.73 Å². The number of anilines is 1. The molecule has 0 radical (unpaired) electrons. The molecule has 0 aliphatic rings. The molecule has 1 aromatic heterocycles. The van der Waals surface area contributed by atoms with E-state index in [2.05, 4.69) is 43.1 Å². The average molecular weight is 280 g/mol. The van der Waals surface area contributed by atoms with Gasteiger partial charge in [0.05, 0.1) is 0 Å². The Morgan fingerprint density at radius 3 is 2.55 bits per heavy atom. The molecular formula is C17H16N2S. The summed E-state index contributed by atoms with van der Waals surface area (Å²) in [6, 6.07) is 12.5. The highest BCUT2D eigenvalue weighted by Crippen LogP contribution is 2.36. The molecule has 2 N–H and O–H groups in total. The van der Waals surface area contributed by atoms with Gasteiger partial charge in [0, 0.05) is 38.6 Å². The van der Waals surface area contributed by atoms with E-state index in [1.54, 1.807) is 18.0 Å². The molecule has 3 rings (SSSR count). The summed E-state index contributed by atoms with van der Waals surface area (Å²) in [6.07, 6.45) is 3.67. The van der Waals surface area contributed by atoms with Gasteiger partial charge in [-0.15, -0.1) is 0 Å². The normalized spacial score (nSPS) is 10.9. The lowest BCUT2D eigenvalue weighted by atomic mass is 10.1. The maximum absolute atomic E-state index is 6.03. The van der Waals surface area contributed by atoms with E-state index in [0.29, 0.717) is 0 Å². The lowest BCUT2D eigenvalue weighted by molar-refractivity contribution is 1.26. The summed E-state index contributed by atoms with van der Waals surface area (Å²) in [5, 5.41) is 2.17. The van der Waals surface area contributed by atoms with Crippen LogP contribution in [0.25, 0.3) is 10.8 Å². The Bertz CT molecular complexity index is 781. The summed E-state index contributed by atoms with van der Waals surface area (Å²) in [7, 11) is 0. The van der Waals surface area contributed by atoms with Gasteiger partial charge in [0.1, 0.15) is 0 Å². The Labute approximate surface area is 123 Å². The summed E-state index contributed by atoms with van der Waals surface area (Å²) in [6.45, 7) is 4.26. The summed E-state index contributed by atoms with van der Waals surface area (Å²) >= 11 is 1.77. The summed E-state index contributed by atoms with van der Waals surface area (Å²) in [4.78, 5) is 6.68. The van der Waals surface area contributed by atoms with Gasteiger partial charge in [-0.05, 0) is 43.7 Å². The largest absolute Gasteiger partial charge is 0.398 e. The van der Waals surface area contributed by atoms with Crippen molar-refractivity contribution in [2.75, 3.05) is 5.73 Å². The van der Waals surface area contributed by atoms with Gasteiger partial charge in [-0.3, -0.25) is 4.98 Å². The van der Waals surface area contributed by atoms with Crippen LogP contribution in [0.5, 0.6) is 0 Å². The van der Waals surface area contributed by atoms with Gasteiger partial charge in [0.15, 0.2) is 0 Å². The molecule has 0 atom stereocenters. The van der Waals surface area contributed by atoms with E-state index in [-0.39, 0.29) is 0 Å². The number of pyridine rings is 1. The highest BCUT2D eigenvalue weighted by Gasteiger charge is 2.07. The summed E-state index contributed by atoms with van der Waals surface area (Å²) in [5.41, 5.74) is 9.41. The number of fused-ring (bicyclic) bond motifs is 1. The molecule has 0 saturated carbocycles. The van der Waals surface area contributed by atoms with E-state index in [9.17, 15) is 0 Å². The van der Waals surface area contributed by atoms with Crippen molar-refractivity contribution in [2.45, 2.75) is 23.6 Å². The van der Waals surface area contributed by atoms with Gasteiger partial charge in [-0.25, -0.2) is 0 Å². The quantitative estimate of drug-likeness (QED) is 0.698. The average Bonchev–Trinajstić information content (AvgIpc) is 2.45. The number of aromatic nitrogens is 1. The van der Waals surface area contributed by atoms with E-state index < -0.39 is 0 Å².